The van der Waals surface area contributed by atoms with Gasteiger partial charge in [0.1, 0.15) is 0 Å². The lowest BCUT2D eigenvalue weighted by atomic mass is 10.0. The Bertz CT molecular complexity index is 347. The Labute approximate surface area is 102 Å². The van der Waals surface area contributed by atoms with E-state index in [1.807, 2.05) is 13.8 Å². The van der Waals surface area contributed by atoms with Gasteiger partial charge in [-0.05, 0) is 13.0 Å². The molecule has 0 fully saturated rings. The zero-order valence-corrected chi connectivity index (χ0v) is 11.1. The third kappa shape index (κ3) is 5.73. The summed E-state index contributed by atoms with van der Waals surface area (Å²) in [5, 5.41) is 2.70. The molecule has 0 aromatic heterocycles. The van der Waals surface area contributed by atoms with Crippen molar-refractivity contribution >= 4 is 19.9 Å². The first-order valence-corrected chi connectivity index (χ1v) is 6.82. The van der Waals surface area contributed by atoms with Gasteiger partial charge in [-0.15, -0.1) is 0 Å². The van der Waals surface area contributed by atoms with Crippen molar-refractivity contribution in [1.29, 1.82) is 0 Å². The Kier molecular flexibility index (Phi) is 7.63. The first-order valence-electron chi connectivity index (χ1n) is 5.38. The van der Waals surface area contributed by atoms with E-state index in [9.17, 15) is 9.59 Å². The van der Waals surface area contributed by atoms with Crippen molar-refractivity contribution < 1.29 is 19.4 Å². The minimum Gasteiger partial charge on any atom is -0.381 e. The van der Waals surface area contributed by atoms with E-state index in [1.165, 1.54) is 12.2 Å². The summed E-state index contributed by atoms with van der Waals surface area (Å²) in [6, 6.07) is 0. The molecule has 0 atom stereocenters. The standard InChI is InChI=1S/C9H12NO4P.C2H6/c1-6-4-9(12)7(5-8(6)11)10-2-3-15(13)14;1-2/h4-5,10,13-14H,2-3H2,1H3;1-2H3. The van der Waals surface area contributed by atoms with Crippen LogP contribution in [0.1, 0.15) is 20.8 Å². The van der Waals surface area contributed by atoms with Gasteiger partial charge in [0, 0.05) is 24.4 Å². The zero-order chi connectivity index (χ0) is 13.4. The molecule has 0 aliphatic heterocycles. The van der Waals surface area contributed by atoms with E-state index >= 15 is 0 Å². The molecule has 0 amide bonds. The summed E-state index contributed by atoms with van der Waals surface area (Å²) in [5.41, 5.74) is 0.625. The Morgan fingerprint density at radius 3 is 2.29 bits per heavy atom. The fourth-order valence-electron chi connectivity index (χ4n) is 1.09. The van der Waals surface area contributed by atoms with Crippen LogP contribution >= 0.6 is 8.38 Å². The molecule has 6 heteroatoms. The maximum atomic E-state index is 11.3. The highest BCUT2D eigenvalue weighted by Crippen LogP contribution is 2.20. The number of hydrogen-bond donors (Lipinski definition) is 3. The predicted molar refractivity (Wildman–Crippen MR) is 67.4 cm³/mol. The van der Waals surface area contributed by atoms with Gasteiger partial charge in [0.05, 0.1) is 5.70 Å². The lowest BCUT2D eigenvalue weighted by molar-refractivity contribution is -0.115. The quantitative estimate of drug-likeness (QED) is 0.515. The molecule has 0 aromatic rings. The first-order chi connectivity index (χ1) is 8.00. The molecule has 0 aromatic carbocycles. The summed E-state index contributed by atoms with van der Waals surface area (Å²) in [5.74, 6) is -0.459. The van der Waals surface area contributed by atoms with Crippen LogP contribution in [-0.2, 0) is 9.59 Å². The maximum Gasteiger partial charge on any atom is 0.202 e. The van der Waals surface area contributed by atoms with Crippen molar-refractivity contribution in [2.75, 3.05) is 12.7 Å². The summed E-state index contributed by atoms with van der Waals surface area (Å²) in [4.78, 5) is 39.8. The number of allylic oxidation sites excluding steroid dienone is 3. The average Bonchev–Trinajstić information content (AvgIpc) is 2.28. The first kappa shape index (κ1) is 16.0. The van der Waals surface area contributed by atoms with Gasteiger partial charge < -0.3 is 15.1 Å². The number of carbonyl (C=O) groups excluding carboxylic acids is 2. The third-order valence-corrected chi connectivity index (χ3v) is 2.53. The molecule has 0 heterocycles. The van der Waals surface area contributed by atoms with Crippen molar-refractivity contribution in [1.82, 2.24) is 5.32 Å². The molecule has 5 nitrogen and oxygen atoms in total. The molecule has 1 aliphatic rings. The molecule has 0 saturated carbocycles. The molecule has 0 unspecified atom stereocenters. The Balaban J connectivity index is 0.00000121. The molecule has 96 valence electrons. The van der Waals surface area contributed by atoms with Crippen LogP contribution in [-0.4, -0.2) is 34.1 Å². The number of carbonyl (C=O) groups is 2. The van der Waals surface area contributed by atoms with Gasteiger partial charge >= 0.3 is 0 Å². The Morgan fingerprint density at radius 1 is 1.18 bits per heavy atom. The van der Waals surface area contributed by atoms with Gasteiger partial charge in [0.25, 0.3) is 0 Å². The maximum absolute atomic E-state index is 11.3. The highest BCUT2D eigenvalue weighted by atomic mass is 31.2. The minimum atomic E-state index is -1.96. The molecule has 1 rings (SSSR count). The summed E-state index contributed by atoms with van der Waals surface area (Å²) >= 11 is 0. The topological polar surface area (TPSA) is 86.6 Å². The lowest BCUT2D eigenvalue weighted by Gasteiger charge is -2.12. The van der Waals surface area contributed by atoms with Crippen LogP contribution in [0.2, 0.25) is 0 Å². The van der Waals surface area contributed by atoms with Gasteiger partial charge in [-0.3, -0.25) is 9.59 Å². The van der Waals surface area contributed by atoms with E-state index in [2.05, 4.69) is 5.32 Å². The van der Waals surface area contributed by atoms with E-state index < -0.39 is 8.38 Å². The van der Waals surface area contributed by atoms with E-state index in [0.717, 1.165) is 0 Å². The van der Waals surface area contributed by atoms with Crippen LogP contribution in [0.15, 0.2) is 23.4 Å². The smallest absolute Gasteiger partial charge is 0.202 e. The van der Waals surface area contributed by atoms with E-state index in [4.69, 9.17) is 9.79 Å². The number of rotatable bonds is 4. The molecule has 0 radical (unpaired) electrons. The summed E-state index contributed by atoms with van der Waals surface area (Å²) in [7, 11) is -1.96. The van der Waals surface area contributed by atoms with Crippen molar-refractivity contribution in [3.63, 3.8) is 0 Å². The molecule has 3 N–H and O–H groups in total. The second-order valence-electron chi connectivity index (χ2n) is 3.14. The van der Waals surface area contributed by atoms with Gasteiger partial charge in [-0.25, -0.2) is 0 Å². The molecule has 0 saturated heterocycles. The largest absolute Gasteiger partial charge is 0.381 e. The Hall–Kier alpha value is -1.03. The fourth-order valence-corrected chi connectivity index (χ4v) is 1.40. The average molecular weight is 259 g/mol. The second kappa shape index (κ2) is 8.12. The van der Waals surface area contributed by atoms with Crippen molar-refractivity contribution in [2.24, 2.45) is 0 Å². The van der Waals surface area contributed by atoms with E-state index in [-0.39, 0.29) is 30.0 Å². The second-order valence-corrected chi connectivity index (χ2v) is 4.33. The summed E-state index contributed by atoms with van der Waals surface area (Å²) in [6.45, 7) is 5.84. The van der Waals surface area contributed by atoms with Crippen LogP contribution in [0.25, 0.3) is 0 Å². The normalized spacial score (nSPS) is 14.9. The summed E-state index contributed by atoms with van der Waals surface area (Å²) in [6.07, 6.45) is 2.66. The van der Waals surface area contributed by atoms with Gasteiger partial charge in [-0.2, -0.15) is 0 Å². The molecular weight excluding hydrogens is 241 g/mol. The van der Waals surface area contributed by atoms with Crippen molar-refractivity contribution in [3.8, 4) is 0 Å². The van der Waals surface area contributed by atoms with E-state index in [1.54, 1.807) is 6.92 Å². The van der Waals surface area contributed by atoms with Crippen LogP contribution in [0.3, 0.4) is 0 Å². The predicted octanol–water partition coefficient (Wildman–Crippen LogP) is 0.881. The third-order valence-electron chi connectivity index (χ3n) is 1.90. The molecule has 17 heavy (non-hydrogen) atoms. The number of hydrogen-bond acceptors (Lipinski definition) is 5. The van der Waals surface area contributed by atoms with Gasteiger partial charge in [0.2, 0.25) is 5.78 Å². The zero-order valence-electron chi connectivity index (χ0n) is 10.2. The Morgan fingerprint density at radius 2 is 1.76 bits per heavy atom. The lowest BCUT2D eigenvalue weighted by Crippen LogP contribution is -2.26. The number of nitrogens with one attached hydrogen (secondary N) is 1. The van der Waals surface area contributed by atoms with Crippen LogP contribution < -0.4 is 5.32 Å². The monoisotopic (exact) mass is 259 g/mol. The molecule has 0 spiro atoms. The number of ketones is 2. The van der Waals surface area contributed by atoms with Crippen LogP contribution in [0.4, 0.5) is 0 Å². The molecule has 1 aliphatic carbocycles. The highest BCUT2D eigenvalue weighted by Gasteiger charge is 2.16. The van der Waals surface area contributed by atoms with Gasteiger partial charge in [-0.1, -0.05) is 13.8 Å². The molecule has 0 bridgehead atoms. The SMILES string of the molecule is CC.CC1=CC(=O)C(NCCP(O)O)=CC1=O. The van der Waals surface area contributed by atoms with Crippen molar-refractivity contribution in [3.05, 3.63) is 23.4 Å². The van der Waals surface area contributed by atoms with Crippen LogP contribution in [0, 0.1) is 0 Å². The van der Waals surface area contributed by atoms with E-state index in [0.29, 0.717) is 5.57 Å². The summed E-state index contributed by atoms with van der Waals surface area (Å²) < 4.78 is 0. The molecular formula is C11H18NO4P. The highest BCUT2D eigenvalue weighted by molar-refractivity contribution is 7.45. The van der Waals surface area contributed by atoms with Crippen molar-refractivity contribution in [2.45, 2.75) is 20.8 Å². The minimum absolute atomic E-state index is 0.164. The van der Waals surface area contributed by atoms with Gasteiger partial charge in [0.15, 0.2) is 14.2 Å². The van der Waals surface area contributed by atoms with Crippen LogP contribution in [0.5, 0.6) is 0 Å². The fraction of sp³-hybridized carbons (Fsp3) is 0.455.